The highest BCUT2D eigenvalue weighted by Crippen LogP contribution is 2.23. The number of fused-ring (bicyclic) bond motifs is 1. The second kappa shape index (κ2) is 5.68. The predicted molar refractivity (Wildman–Crippen MR) is 90.0 cm³/mol. The molecule has 0 spiro atoms. The average Bonchev–Trinajstić information content (AvgIpc) is 3.11. The van der Waals surface area contributed by atoms with Crippen molar-refractivity contribution in [3.8, 4) is 22.8 Å². The van der Waals surface area contributed by atoms with Crippen molar-refractivity contribution < 1.29 is 9.34 Å². The molecule has 0 aliphatic heterocycles. The van der Waals surface area contributed by atoms with E-state index >= 15 is 0 Å². The van der Waals surface area contributed by atoms with Gasteiger partial charge in [0, 0.05) is 23.1 Å². The average molecular weight is 334 g/mol. The maximum atomic E-state index is 12.2. The SMILES string of the molecule is O=c1oc2ccccc2cc1-c1nc(-c2cccc([N+](=O)[O-])c2)n[nH]1. The number of aromatic amines is 1. The van der Waals surface area contributed by atoms with E-state index in [0.717, 1.165) is 5.39 Å². The molecule has 25 heavy (non-hydrogen) atoms. The van der Waals surface area contributed by atoms with E-state index in [4.69, 9.17) is 4.42 Å². The fourth-order valence-electron chi connectivity index (χ4n) is 2.50. The molecule has 0 aliphatic carbocycles. The Bertz CT molecular complexity index is 1160. The summed E-state index contributed by atoms with van der Waals surface area (Å²) in [5, 5.41) is 18.4. The van der Waals surface area contributed by atoms with E-state index in [-0.39, 0.29) is 22.9 Å². The molecule has 2 aromatic carbocycles. The summed E-state index contributed by atoms with van der Waals surface area (Å²) < 4.78 is 5.28. The number of hydrogen-bond donors (Lipinski definition) is 1. The number of nitro benzene ring substituents is 1. The van der Waals surface area contributed by atoms with Crippen molar-refractivity contribution >= 4 is 16.7 Å². The number of hydrogen-bond acceptors (Lipinski definition) is 6. The lowest BCUT2D eigenvalue weighted by atomic mass is 10.2. The summed E-state index contributed by atoms with van der Waals surface area (Å²) in [6.07, 6.45) is 0. The molecule has 8 nitrogen and oxygen atoms in total. The van der Waals surface area contributed by atoms with Crippen LogP contribution in [0.2, 0.25) is 0 Å². The number of aromatic nitrogens is 3. The Kier molecular flexibility index (Phi) is 3.35. The number of non-ortho nitro benzene ring substituents is 1. The lowest BCUT2D eigenvalue weighted by Crippen LogP contribution is -2.03. The Labute approximate surface area is 139 Å². The van der Waals surface area contributed by atoms with E-state index in [1.54, 1.807) is 30.3 Å². The lowest BCUT2D eigenvalue weighted by molar-refractivity contribution is -0.384. The zero-order valence-electron chi connectivity index (χ0n) is 12.7. The topological polar surface area (TPSA) is 115 Å². The first kappa shape index (κ1) is 14.8. The van der Waals surface area contributed by atoms with Crippen molar-refractivity contribution in [1.82, 2.24) is 15.2 Å². The quantitative estimate of drug-likeness (QED) is 0.349. The van der Waals surface area contributed by atoms with Gasteiger partial charge in [-0.3, -0.25) is 15.2 Å². The third-order valence-electron chi connectivity index (χ3n) is 3.70. The zero-order chi connectivity index (χ0) is 17.4. The standard InChI is InChI=1S/C17H10N4O4/c22-17-13(9-10-4-1-2-7-14(10)25-17)16-18-15(19-20-16)11-5-3-6-12(8-11)21(23)24/h1-9H,(H,18,19,20). The molecule has 4 rings (SSSR count). The van der Waals surface area contributed by atoms with Crippen molar-refractivity contribution in [3.63, 3.8) is 0 Å². The monoisotopic (exact) mass is 334 g/mol. The molecular formula is C17H10N4O4. The molecule has 8 heteroatoms. The molecule has 4 aromatic rings. The van der Waals surface area contributed by atoms with E-state index in [1.807, 2.05) is 12.1 Å². The second-order valence-corrected chi connectivity index (χ2v) is 5.30. The fraction of sp³-hybridized carbons (Fsp3) is 0. The van der Waals surface area contributed by atoms with Crippen LogP contribution in [0.15, 0.2) is 63.8 Å². The molecule has 0 atom stereocenters. The normalized spacial score (nSPS) is 10.9. The highest BCUT2D eigenvalue weighted by molar-refractivity contribution is 5.80. The number of H-pyrrole nitrogens is 1. The van der Waals surface area contributed by atoms with Crippen molar-refractivity contribution in [2.24, 2.45) is 0 Å². The molecule has 122 valence electrons. The van der Waals surface area contributed by atoms with Crippen LogP contribution in [-0.4, -0.2) is 20.1 Å². The van der Waals surface area contributed by atoms with Gasteiger partial charge in [-0.1, -0.05) is 30.3 Å². The van der Waals surface area contributed by atoms with Crippen molar-refractivity contribution in [2.75, 3.05) is 0 Å². The van der Waals surface area contributed by atoms with Gasteiger partial charge in [0.1, 0.15) is 11.1 Å². The Hall–Kier alpha value is -3.81. The first-order chi connectivity index (χ1) is 12.1. The number of nitrogens with one attached hydrogen (secondary N) is 1. The molecular weight excluding hydrogens is 324 g/mol. The summed E-state index contributed by atoms with van der Waals surface area (Å²) in [6, 6.07) is 14.8. The number of rotatable bonds is 3. The van der Waals surface area contributed by atoms with Crippen LogP contribution in [-0.2, 0) is 0 Å². The zero-order valence-corrected chi connectivity index (χ0v) is 12.7. The highest BCUT2D eigenvalue weighted by Gasteiger charge is 2.15. The van der Waals surface area contributed by atoms with Gasteiger partial charge in [0.2, 0.25) is 0 Å². The maximum absolute atomic E-state index is 12.2. The van der Waals surface area contributed by atoms with Gasteiger partial charge in [0.05, 0.1) is 4.92 Å². The van der Waals surface area contributed by atoms with E-state index in [0.29, 0.717) is 11.1 Å². The van der Waals surface area contributed by atoms with Gasteiger partial charge in [0.15, 0.2) is 11.6 Å². The van der Waals surface area contributed by atoms with Gasteiger partial charge in [-0.15, -0.1) is 0 Å². The van der Waals surface area contributed by atoms with Crippen LogP contribution in [0.1, 0.15) is 0 Å². The summed E-state index contributed by atoms with van der Waals surface area (Å²) >= 11 is 0. The minimum absolute atomic E-state index is 0.0610. The van der Waals surface area contributed by atoms with Crippen LogP contribution in [0.25, 0.3) is 33.7 Å². The van der Waals surface area contributed by atoms with Crippen LogP contribution in [0.3, 0.4) is 0 Å². The van der Waals surface area contributed by atoms with E-state index in [1.165, 1.54) is 12.1 Å². The van der Waals surface area contributed by atoms with E-state index < -0.39 is 10.5 Å². The Balaban J connectivity index is 1.79. The molecule has 2 heterocycles. The van der Waals surface area contributed by atoms with Gasteiger partial charge < -0.3 is 4.42 Å². The predicted octanol–water partition coefficient (Wildman–Crippen LogP) is 3.15. The second-order valence-electron chi connectivity index (χ2n) is 5.30. The summed E-state index contributed by atoms with van der Waals surface area (Å²) in [4.78, 5) is 26.8. The smallest absolute Gasteiger partial charge is 0.347 e. The summed E-state index contributed by atoms with van der Waals surface area (Å²) in [5.41, 5.74) is 0.592. The molecule has 0 radical (unpaired) electrons. The highest BCUT2D eigenvalue weighted by atomic mass is 16.6. The van der Waals surface area contributed by atoms with Crippen LogP contribution >= 0.6 is 0 Å². The minimum Gasteiger partial charge on any atom is -0.422 e. The molecule has 1 N–H and O–H groups in total. The van der Waals surface area contributed by atoms with Gasteiger partial charge in [-0.25, -0.2) is 9.78 Å². The van der Waals surface area contributed by atoms with Gasteiger partial charge in [-0.05, 0) is 12.1 Å². The largest absolute Gasteiger partial charge is 0.422 e. The third-order valence-corrected chi connectivity index (χ3v) is 3.70. The van der Waals surface area contributed by atoms with Gasteiger partial charge in [0.25, 0.3) is 5.69 Å². The molecule has 2 aromatic heterocycles. The Morgan fingerprint density at radius 1 is 1.08 bits per heavy atom. The van der Waals surface area contributed by atoms with Crippen LogP contribution in [0.5, 0.6) is 0 Å². The van der Waals surface area contributed by atoms with Crippen molar-refractivity contribution in [3.05, 3.63) is 75.1 Å². The van der Waals surface area contributed by atoms with Crippen LogP contribution in [0, 0.1) is 10.1 Å². The molecule has 0 bridgehead atoms. The number of nitro groups is 1. The molecule has 0 saturated heterocycles. The van der Waals surface area contributed by atoms with Crippen molar-refractivity contribution in [2.45, 2.75) is 0 Å². The molecule has 0 aliphatic rings. The van der Waals surface area contributed by atoms with E-state index in [2.05, 4.69) is 15.2 Å². The summed E-state index contributed by atoms with van der Waals surface area (Å²) in [7, 11) is 0. The van der Waals surface area contributed by atoms with E-state index in [9.17, 15) is 14.9 Å². The molecule has 0 amide bonds. The Morgan fingerprint density at radius 3 is 2.76 bits per heavy atom. The van der Waals surface area contributed by atoms with Gasteiger partial charge in [-0.2, -0.15) is 5.10 Å². The van der Waals surface area contributed by atoms with Crippen LogP contribution in [0.4, 0.5) is 5.69 Å². The third kappa shape index (κ3) is 2.65. The number of benzene rings is 2. The molecule has 0 unspecified atom stereocenters. The maximum Gasteiger partial charge on any atom is 0.347 e. The van der Waals surface area contributed by atoms with Gasteiger partial charge >= 0.3 is 5.63 Å². The summed E-state index contributed by atoms with van der Waals surface area (Å²) in [5.74, 6) is 0.493. The number of nitrogens with zero attached hydrogens (tertiary/aromatic N) is 3. The van der Waals surface area contributed by atoms with Crippen molar-refractivity contribution in [1.29, 1.82) is 0 Å². The first-order valence-corrected chi connectivity index (χ1v) is 7.32. The fourth-order valence-corrected chi connectivity index (χ4v) is 2.50. The summed E-state index contributed by atoms with van der Waals surface area (Å²) in [6.45, 7) is 0. The van der Waals surface area contributed by atoms with Crippen LogP contribution < -0.4 is 5.63 Å². The lowest BCUT2D eigenvalue weighted by Gasteiger charge is -1.98. The molecule has 0 fully saturated rings. The minimum atomic E-state index is -0.541. The Morgan fingerprint density at radius 2 is 1.92 bits per heavy atom. The number of para-hydroxylation sites is 1. The first-order valence-electron chi connectivity index (χ1n) is 7.32. The molecule has 0 saturated carbocycles.